The van der Waals surface area contributed by atoms with Gasteiger partial charge in [-0.05, 0) is 61.4 Å². The number of carbonyl (C=O) groups is 1. The number of aromatic nitrogens is 1. The lowest BCUT2D eigenvalue weighted by molar-refractivity contribution is 0.0998. The zero-order valence-corrected chi connectivity index (χ0v) is 16.9. The minimum atomic E-state index is -0.278. The molecule has 0 fully saturated rings. The minimum Gasteiger partial charge on any atom is -0.497 e. The summed E-state index contributed by atoms with van der Waals surface area (Å²) in [5.74, 6) is 1.28. The Morgan fingerprint density at radius 2 is 1.78 bits per heavy atom. The Morgan fingerprint density at radius 1 is 1.07 bits per heavy atom. The Labute approximate surface area is 162 Å². The molecule has 0 aliphatic rings. The number of amides is 1. The van der Waals surface area contributed by atoms with Crippen LogP contribution in [0.25, 0.3) is 11.3 Å². The summed E-state index contributed by atoms with van der Waals surface area (Å²) in [7, 11) is 5.18. The number of aryl methyl sites for hydroxylation is 1. The van der Waals surface area contributed by atoms with Crippen molar-refractivity contribution >= 4 is 17.2 Å². The monoisotopic (exact) mass is 382 g/mol. The summed E-state index contributed by atoms with van der Waals surface area (Å²) in [4.78, 5) is 17.4. The highest BCUT2D eigenvalue weighted by Crippen LogP contribution is 2.29. The minimum absolute atomic E-state index is 0.278. The van der Waals surface area contributed by atoms with Gasteiger partial charge in [0, 0.05) is 23.6 Å². The van der Waals surface area contributed by atoms with E-state index in [4.69, 9.17) is 9.47 Å². The SMILES string of the molecule is COc1ccc(C(=O)/N=c2/scc(-c3cc(C)c(C)c(OC)c3)n2C)cc1. The Bertz CT molecular complexity index is 1050. The molecule has 0 saturated heterocycles. The molecule has 0 unspecified atom stereocenters. The molecule has 1 aromatic heterocycles. The molecule has 0 radical (unpaired) electrons. The summed E-state index contributed by atoms with van der Waals surface area (Å²) >= 11 is 1.44. The van der Waals surface area contributed by atoms with Crippen molar-refractivity contribution in [2.24, 2.45) is 12.0 Å². The number of carbonyl (C=O) groups excluding carboxylic acids is 1. The third-order valence-corrected chi connectivity index (χ3v) is 5.51. The van der Waals surface area contributed by atoms with Crippen molar-refractivity contribution in [2.75, 3.05) is 14.2 Å². The van der Waals surface area contributed by atoms with E-state index >= 15 is 0 Å². The number of benzene rings is 2. The van der Waals surface area contributed by atoms with Crippen LogP contribution in [0, 0.1) is 13.8 Å². The molecule has 2 aromatic carbocycles. The van der Waals surface area contributed by atoms with E-state index in [2.05, 4.69) is 18.0 Å². The standard InChI is InChI=1S/C21H22N2O3S/c1-13-10-16(11-19(26-5)14(13)2)18-12-27-21(23(18)3)22-20(24)15-6-8-17(25-4)9-7-15/h6-12H,1-5H3/b22-21+. The van der Waals surface area contributed by atoms with Crippen LogP contribution in [-0.4, -0.2) is 24.7 Å². The first-order valence-corrected chi connectivity index (χ1v) is 9.35. The zero-order chi connectivity index (χ0) is 19.6. The van der Waals surface area contributed by atoms with Crippen LogP contribution in [-0.2, 0) is 7.05 Å². The fourth-order valence-corrected chi connectivity index (χ4v) is 3.71. The Balaban J connectivity index is 1.98. The van der Waals surface area contributed by atoms with Crippen LogP contribution in [0.5, 0.6) is 11.5 Å². The van der Waals surface area contributed by atoms with Crippen molar-refractivity contribution in [2.45, 2.75) is 13.8 Å². The molecule has 0 saturated carbocycles. The highest BCUT2D eigenvalue weighted by Gasteiger charge is 2.11. The van der Waals surface area contributed by atoms with E-state index in [1.54, 1.807) is 38.5 Å². The number of nitrogens with zero attached hydrogens (tertiary/aromatic N) is 2. The average molecular weight is 382 g/mol. The van der Waals surface area contributed by atoms with Crippen LogP contribution in [0.2, 0.25) is 0 Å². The number of rotatable bonds is 4. The van der Waals surface area contributed by atoms with Gasteiger partial charge >= 0.3 is 0 Å². The summed E-state index contributed by atoms with van der Waals surface area (Å²) in [5, 5.41) is 2.00. The number of thiazole rings is 1. The van der Waals surface area contributed by atoms with Gasteiger partial charge in [-0.25, -0.2) is 0 Å². The third-order valence-electron chi connectivity index (χ3n) is 4.59. The summed E-state index contributed by atoms with van der Waals surface area (Å²) < 4.78 is 12.5. The van der Waals surface area contributed by atoms with Gasteiger partial charge in [0.05, 0.1) is 19.9 Å². The quantitative estimate of drug-likeness (QED) is 0.682. The fourth-order valence-electron chi connectivity index (χ4n) is 2.80. The third kappa shape index (κ3) is 3.80. The van der Waals surface area contributed by atoms with Crippen molar-refractivity contribution < 1.29 is 14.3 Å². The molecular weight excluding hydrogens is 360 g/mol. The van der Waals surface area contributed by atoms with Crippen LogP contribution >= 0.6 is 11.3 Å². The van der Waals surface area contributed by atoms with Gasteiger partial charge < -0.3 is 14.0 Å². The average Bonchev–Trinajstić information content (AvgIpc) is 3.04. The van der Waals surface area contributed by atoms with E-state index in [-0.39, 0.29) is 5.91 Å². The maximum Gasteiger partial charge on any atom is 0.279 e. The molecule has 1 amide bonds. The molecule has 27 heavy (non-hydrogen) atoms. The molecule has 5 nitrogen and oxygen atoms in total. The summed E-state index contributed by atoms with van der Waals surface area (Å²) in [5.41, 5.74) is 4.83. The lowest BCUT2D eigenvalue weighted by atomic mass is 10.0. The van der Waals surface area contributed by atoms with E-state index in [9.17, 15) is 4.79 Å². The molecule has 0 spiro atoms. The molecule has 0 atom stereocenters. The van der Waals surface area contributed by atoms with Crippen LogP contribution in [0.15, 0.2) is 46.8 Å². The Kier molecular flexibility index (Phi) is 5.46. The van der Waals surface area contributed by atoms with E-state index in [0.29, 0.717) is 16.1 Å². The summed E-state index contributed by atoms with van der Waals surface area (Å²) in [6.07, 6.45) is 0. The molecule has 0 aliphatic carbocycles. The molecule has 6 heteroatoms. The molecule has 0 bridgehead atoms. The van der Waals surface area contributed by atoms with Gasteiger partial charge in [-0.2, -0.15) is 4.99 Å². The first kappa shape index (κ1) is 18.9. The highest BCUT2D eigenvalue weighted by atomic mass is 32.1. The molecule has 3 rings (SSSR count). The number of hydrogen-bond donors (Lipinski definition) is 0. The van der Waals surface area contributed by atoms with E-state index in [1.807, 2.05) is 30.0 Å². The molecule has 0 N–H and O–H groups in total. The second-order valence-corrected chi connectivity index (χ2v) is 7.06. The summed E-state index contributed by atoms with van der Waals surface area (Å²) in [6, 6.07) is 11.1. The lowest BCUT2D eigenvalue weighted by Gasteiger charge is -2.11. The van der Waals surface area contributed by atoms with Gasteiger partial charge in [0.1, 0.15) is 11.5 Å². The van der Waals surface area contributed by atoms with Crippen molar-refractivity contribution in [3.63, 3.8) is 0 Å². The van der Waals surface area contributed by atoms with Crippen LogP contribution in [0.4, 0.5) is 0 Å². The van der Waals surface area contributed by atoms with Gasteiger partial charge in [0.25, 0.3) is 5.91 Å². The molecule has 140 valence electrons. The normalized spacial score (nSPS) is 11.5. The van der Waals surface area contributed by atoms with Crippen molar-refractivity contribution in [3.05, 3.63) is 63.3 Å². The van der Waals surface area contributed by atoms with E-state index < -0.39 is 0 Å². The predicted molar refractivity (Wildman–Crippen MR) is 108 cm³/mol. The van der Waals surface area contributed by atoms with Crippen LogP contribution < -0.4 is 14.3 Å². The number of ether oxygens (including phenoxy) is 2. The molecule has 3 aromatic rings. The molecule has 1 heterocycles. The summed E-state index contributed by atoms with van der Waals surface area (Å²) in [6.45, 7) is 4.10. The number of hydrogen-bond acceptors (Lipinski definition) is 4. The second-order valence-electron chi connectivity index (χ2n) is 6.23. The predicted octanol–water partition coefficient (Wildman–Crippen LogP) is 4.13. The van der Waals surface area contributed by atoms with Gasteiger partial charge in [-0.3, -0.25) is 4.79 Å². The zero-order valence-electron chi connectivity index (χ0n) is 16.1. The van der Waals surface area contributed by atoms with Crippen molar-refractivity contribution in [1.29, 1.82) is 0 Å². The van der Waals surface area contributed by atoms with Gasteiger partial charge in [0.15, 0.2) is 4.80 Å². The van der Waals surface area contributed by atoms with Crippen molar-refractivity contribution in [1.82, 2.24) is 4.57 Å². The van der Waals surface area contributed by atoms with Gasteiger partial charge in [-0.1, -0.05) is 0 Å². The van der Waals surface area contributed by atoms with Crippen LogP contribution in [0.1, 0.15) is 21.5 Å². The maximum atomic E-state index is 12.5. The Morgan fingerprint density at radius 3 is 2.41 bits per heavy atom. The highest BCUT2D eigenvalue weighted by molar-refractivity contribution is 7.07. The Hall–Kier alpha value is -2.86. The maximum absolute atomic E-state index is 12.5. The molecule has 0 aliphatic heterocycles. The van der Waals surface area contributed by atoms with E-state index in [0.717, 1.165) is 28.1 Å². The number of methoxy groups -OCH3 is 2. The second kappa shape index (κ2) is 7.80. The first-order valence-electron chi connectivity index (χ1n) is 8.48. The fraction of sp³-hybridized carbons (Fsp3) is 0.238. The van der Waals surface area contributed by atoms with Crippen LogP contribution in [0.3, 0.4) is 0 Å². The molecular formula is C21H22N2O3S. The smallest absolute Gasteiger partial charge is 0.279 e. The van der Waals surface area contributed by atoms with E-state index in [1.165, 1.54) is 11.3 Å². The van der Waals surface area contributed by atoms with Crippen molar-refractivity contribution in [3.8, 4) is 22.8 Å². The topological polar surface area (TPSA) is 52.8 Å². The van der Waals surface area contributed by atoms with Gasteiger partial charge in [0.2, 0.25) is 0 Å². The lowest BCUT2D eigenvalue weighted by Crippen LogP contribution is -2.14. The first-order chi connectivity index (χ1) is 12.9. The largest absolute Gasteiger partial charge is 0.497 e. The van der Waals surface area contributed by atoms with Gasteiger partial charge in [-0.15, -0.1) is 11.3 Å².